The Morgan fingerprint density at radius 2 is 1.84 bits per heavy atom. The highest BCUT2D eigenvalue weighted by Gasteiger charge is 2.35. The molecular weight excluding hydrogens is 314 g/mol. The fraction of sp³-hybridized carbons (Fsp3) is 0.333. The first-order valence-electron chi connectivity index (χ1n) is 8.76. The normalized spacial score (nSPS) is 22.0. The van der Waals surface area contributed by atoms with E-state index in [-0.39, 0.29) is 18.3 Å². The molecular formula is C21H21NO3. The van der Waals surface area contributed by atoms with Crippen LogP contribution in [0.4, 0.5) is 0 Å². The number of hydrogen-bond donors (Lipinski definition) is 0. The van der Waals surface area contributed by atoms with E-state index >= 15 is 0 Å². The Kier molecular flexibility index (Phi) is 4.04. The summed E-state index contributed by atoms with van der Waals surface area (Å²) in [6, 6.07) is 15.7. The van der Waals surface area contributed by atoms with Crippen LogP contribution < -0.4 is 0 Å². The lowest BCUT2D eigenvalue weighted by atomic mass is 9.94. The van der Waals surface area contributed by atoms with Crippen molar-refractivity contribution in [2.75, 3.05) is 13.1 Å². The molecule has 2 aliphatic rings. The van der Waals surface area contributed by atoms with E-state index in [2.05, 4.69) is 25.1 Å². The summed E-state index contributed by atoms with van der Waals surface area (Å²) >= 11 is 0. The smallest absolute Gasteiger partial charge is 0.339 e. The van der Waals surface area contributed by atoms with Gasteiger partial charge in [0.05, 0.1) is 12.0 Å². The van der Waals surface area contributed by atoms with E-state index in [1.165, 1.54) is 11.1 Å². The third-order valence-electron chi connectivity index (χ3n) is 5.31. The molecule has 25 heavy (non-hydrogen) atoms. The second-order valence-corrected chi connectivity index (χ2v) is 6.87. The molecule has 2 heterocycles. The van der Waals surface area contributed by atoms with Crippen LogP contribution in [0.3, 0.4) is 0 Å². The Labute approximate surface area is 147 Å². The van der Waals surface area contributed by atoms with Gasteiger partial charge in [-0.3, -0.25) is 4.79 Å². The van der Waals surface area contributed by atoms with Crippen molar-refractivity contribution in [1.82, 2.24) is 4.90 Å². The van der Waals surface area contributed by atoms with Gasteiger partial charge in [-0.1, -0.05) is 42.5 Å². The molecule has 4 heteroatoms. The first kappa shape index (κ1) is 15.9. The van der Waals surface area contributed by atoms with E-state index in [0.29, 0.717) is 11.5 Å². The van der Waals surface area contributed by atoms with Gasteiger partial charge in [-0.05, 0) is 30.5 Å². The molecule has 1 amide bonds. The first-order valence-corrected chi connectivity index (χ1v) is 8.76. The molecule has 0 spiro atoms. The molecule has 128 valence electrons. The number of cyclic esters (lactones) is 1. The first-order chi connectivity index (χ1) is 12.1. The molecule has 4 rings (SSSR count). The molecule has 2 aromatic rings. The molecule has 0 radical (unpaired) electrons. The van der Waals surface area contributed by atoms with Crippen molar-refractivity contribution in [2.45, 2.75) is 31.8 Å². The van der Waals surface area contributed by atoms with E-state index in [1.807, 2.05) is 29.2 Å². The zero-order chi connectivity index (χ0) is 17.4. The Morgan fingerprint density at radius 3 is 2.64 bits per heavy atom. The Hall–Kier alpha value is -2.62. The van der Waals surface area contributed by atoms with Crippen LogP contribution in [0.2, 0.25) is 0 Å². The number of ether oxygens (including phenoxy) is 1. The van der Waals surface area contributed by atoms with Crippen molar-refractivity contribution in [1.29, 1.82) is 0 Å². The van der Waals surface area contributed by atoms with Crippen LogP contribution in [0.15, 0.2) is 48.5 Å². The van der Waals surface area contributed by atoms with Gasteiger partial charge < -0.3 is 9.64 Å². The van der Waals surface area contributed by atoms with Crippen molar-refractivity contribution >= 4 is 11.9 Å². The van der Waals surface area contributed by atoms with Gasteiger partial charge in [0.25, 0.3) is 0 Å². The predicted octanol–water partition coefficient (Wildman–Crippen LogP) is 3.61. The molecule has 4 nitrogen and oxygen atoms in total. The average Bonchev–Trinajstić information content (AvgIpc) is 3.22. The largest absolute Gasteiger partial charge is 0.453 e. The van der Waals surface area contributed by atoms with E-state index in [0.717, 1.165) is 25.1 Å². The maximum Gasteiger partial charge on any atom is 0.339 e. The topological polar surface area (TPSA) is 46.6 Å². The average molecular weight is 335 g/mol. The number of benzene rings is 2. The molecule has 2 atom stereocenters. The fourth-order valence-corrected chi connectivity index (χ4v) is 3.94. The van der Waals surface area contributed by atoms with Crippen LogP contribution in [0.5, 0.6) is 0 Å². The molecule has 0 unspecified atom stereocenters. The Balaban J connectivity index is 1.43. The number of likely N-dealkylation sites (tertiary alicyclic amines) is 1. The maximum atomic E-state index is 12.7. The highest BCUT2D eigenvalue weighted by molar-refractivity contribution is 5.94. The molecule has 1 saturated heterocycles. The molecule has 0 bridgehead atoms. The minimum Gasteiger partial charge on any atom is -0.453 e. The number of aryl methyl sites for hydroxylation is 1. The fourth-order valence-electron chi connectivity index (χ4n) is 3.94. The van der Waals surface area contributed by atoms with Crippen LogP contribution in [-0.2, 0) is 9.53 Å². The van der Waals surface area contributed by atoms with E-state index in [1.54, 1.807) is 6.07 Å². The van der Waals surface area contributed by atoms with Crippen LogP contribution in [-0.4, -0.2) is 29.9 Å². The SMILES string of the molecule is Cc1ccccc1[C@@H]1CCN(C(=O)C[C@@H]2OC(=O)c3ccccc32)C1. The summed E-state index contributed by atoms with van der Waals surface area (Å²) in [5.41, 5.74) is 4.02. The molecule has 0 N–H and O–H groups in total. The van der Waals surface area contributed by atoms with Crippen LogP contribution in [0.1, 0.15) is 51.9 Å². The summed E-state index contributed by atoms with van der Waals surface area (Å²) in [7, 11) is 0. The second kappa shape index (κ2) is 6.36. The predicted molar refractivity (Wildman–Crippen MR) is 94.3 cm³/mol. The Morgan fingerprint density at radius 1 is 1.12 bits per heavy atom. The number of rotatable bonds is 3. The Bertz CT molecular complexity index is 829. The van der Waals surface area contributed by atoms with E-state index in [4.69, 9.17) is 4.74 Å². The van der Waals surface area contributed by atoms with Crippen molar-refractivity contribution < 1.29 is 14.3 Å². The number of hydrogen-bond acceptors (Lipinski definition) is 3. The van der Waals surface area contributed by atoms with Gasteiger partial charge in [0.1, 0.15) is 6.10 Å². The second-order valence-electron chi connectivity index (χ2n) is 6.87. The monoisotopic (exact) mass is 335 g/mol. The molecule has 2 aliphatic heterocycles. The number of carbonyl (C=O) groups is 2. The number of fused-ring (bicyclic) bond motifs is 1. The quantitative estimate of drug-likeness (QED) is 0.805. The van der Waals surface area contributed by atoms with E-state index < -0.39 is 6.10 Å². The highest BCUT2D eigenvalue weighted by atomic mass is 16.5. The number of amides is 1. The number of nitrogens with zero attached hydrogens (tertiary/aromatic N) is 1. The van der Waals surface area contributed by atoms with Gasteiger partial charge in [-0.15, -0.1) is 0 Å². The van der Waals surface area contributed by atoms with Crippen LogP contribution in [0, 0.1) is 6.92 Å². The molecule has 0 aromatic heterocycles. The third kappa shape index (κ3) is 2.93. The summed E-state index contributed by atoms with van der Waals surface area (Å²) in [5.74, 6) is 0.127. The zero-order valence-corrected chi connectivity index (χ0v) is 14.3. The summed E-state index contributed by atoms with van der Waals surface area (Å²) in [5, 5.41) is 0. The summed E-state index contributed by atoms with van der Waals surface area (Å²) < 4.78 is 5.41. The highest BCUT2D eigenvalue weighted by Crippen LogP contribution is 2.35. The molecule has 0 aliphatic carbocycles. The lowest BCUT2D eigenvalue weighted by molar-refractivity contribution is -0.132. The molecule has 1 fully saturated rings. The van der Waals surface area contributed by atoms with Gasteiger partial charge in [-0.25, -0.2) is 4.79 Å². The van der Waals surface area contributed by atoms with E-state index in [9.17, 15) is 9.59 Å². The van der Waals surface area contributed by atoms with Crippen molar-refractivity contribution in [3.05, 3.63) is 70.8 Å². The summed E-state index contributed by atoms with van der Waals surface area (Å²) in [6.07, 6.45) is 0.759. The number of carbonyl (C=O) groups excluding carboxylic acids is 2. The van der Waals surface area contributed by atoms with Gasteiger partial charge in [0.2, 0.25) is 5.91 Å². The third-order valence-corrected chi connectivity index (χ3v) is 5.31. The zero-order valence-electron chi connectivity index (χ0n) is 14.3. The minimum absolute atomic E-state index is 0.0607. The summed E-state index contributed by atoms with van der Waals surface area (Å²) in [4.78, 5) is 26.5. The van der Waals surface area contributed by atoms with Crippen LogP contribution >= 0.6 is 0 Å². The van der Waals surface area contributed by atoms with Crippen molar-refractivity contribution in [3.8, 4) is 0 Å². The summed E-state index contributed by atoms with van der Waals surface area (Å²) in [6.45, 7) is 3.63. The standard InChI is InChI=1S/C21H21NO3/c1-14-6-2-3-7-16(14)15-10-11-22(13-15)20(23)12-19-17-8-4-5-9-18(17)21(24)25-19/h2-9,15,19H,10-13H2,1H3/t15-,19+/m1/s1. The van der Waals surface area contributed by atoms with Gasteiger partial charge >= 0.3 is 5.97 Å². The number of esters is 1. The minimum atomic E-state index is -0.450. The van der Waals surface area contributed by atoms with Gasteiger partial charge in [-0.2, -0.15) is 0 Å². The lowest BCUT2D eigenvalue weighted by Gasteiger charge is -2.19. The molecule has 2 aromatic carbocycles. The van der Waals surface area contributed by atoms with Crippen LogP contribution in [0.25, 0.3) is 0 Å². The molecule has 0 saturated carbocycles. The van der Waals surface area contributed by atoms with Crippen molar-refractivity contribution in [2.24, 2.45) is 0 Å². The van der Waals surface area contributed by atoms with Gasteiger partial charge in [0.15, 0.2) is 0 Å². The van der Waals surface area contributed by atoms with Gasteiger partial charge in [0, 0.05) is 24.6 Å². The van der Waals surface area contributed by atoms with Crippen molar-refractivity contribution in [3.63, 3.8) is 0 Å². The lowest BCUT2D eigenvalue weighted by Crippen LogP contribution is -2.29. The maximum absolute atomic E-state index is 12.7.